The zero-order valence-corrected chi connectivity index (χ0v) is 12.5. The lowest BCUT2D eigenvalue weighted by atomic mass is 9.98. The van der Waals surface area contributed by atoms with Crippen LogP contribution in [0.5, 0.6) is 0 Å². The summed E-state index contributed by atoms with van der Waals surface area (Å²) in [6, 6.07) is 6.04. The third-order valence-corrected chi connectivity index (χ3v) is 4.24. The number of piperidine rings is 1. The number of nitrogens with two attached hydrogens (primary N) is 1. The standard InChI is InChI=1S/C13H17BrN2OS/c14-12-6-10(3-4-11(12)13(15)18)16-5-1-2-9(7-16)8-17/h3-4,6,9,17H,1-2,5,7-8H2,(H2,15,18). The van der Waals surface area contributed by atoms with Crippen molar-refractivity contribution in [2.45, 2.75) is 12.8 Å². The molecule has 3 N–H and O–H groups in total. The topological polar surface area (TPSA) is 49.5 Å². The molecule has 1 heterocycles. The van der Waals surface area contributed by atoms with Gasteiger partial charge in [0.05, 0.1) is 0 Å². The first-order valence-corrected chi connectivity index (χ1v) is 7.27. The molecule has 1 atom stereocenters. The Morgan fingerprint density at radius 3 is 2.94 bits per heavy atom. The molecule has 0 spiro atoms. The molecule has 0 bridgehead atoms. The highest BCUT2D eigenvalue weighted by Gasteiger charge is 2.20. The molecular weight excluding hydrogens is 312 g/mol. The fourth-order valence-electron chi connectivity index (χ4n) is 2.35. The third kappa shape index (κ3) is 3.02. The van der Waals surface area contributed by atoms with Crippen LogP contribution in [0.1, 0.15) is 18.4 Å². The molecule has 1 fully saturated rings. The van der Waals surface area contributed by atoms with Crippen molar-refractivity contribution < 1.29 is 5.11 Å². The van der Waals surface area contributed by atoms with Gasteiger partial charge in [-0.2, -0.15) is 0 Å². The molecular formula is C13H17BrN2OS. The quantitative estimate of drug-likeness (QED) is 0.836. The van der Waals surface area contributed by atoms with Gasteiger partial charge in [0.25, 0.3) is 0 Å². The Morgan fingerprint density at radius 2 is 2.33 bits per heavy atom. The Bertz CT molecular complexity index is 453. The van der Waals surface area contributed by atoms with Crippen LogP contribution in [0.2, 0.25) is 0 Å². The maximum atomic E-state index is 9.26. The number of rotatable bonds is 3. The smallest absolute Gasteiger partial charge is 0.105 e. The number of aliphatic hydroxyl groups is 1. The second-order valence-corrected chi connectivity index (χ2v) is 5.96. The number of anilines is 1. The minimum Gasteiger partial charge on any atom is -0.396 e. The highest BCUT2D eigenvalue weighted by molar-refractivity contribution is 9.10. The van der Waals surface area contributed by atoms with Gasteiger partial charge in [0, 0.05) is 35.4 Å². The van der Waals surface area contributed by atoms with Gasteiger partial charge >= 0.3 is 0 Å². The molecule has 18 heavy (non-hydrogen) atoms. The molecule has 0 amide bonds. The highest BCUT2D eigenvalue weighted by atomic mass is 79.9. The molecule has 2 rings (SSSR count). The molecule has 1 aliphatic rings. The highest BCUT2D eigenvalue weighted by Crippen LogP contribution is 2.27. The first kappa shape index (κ1) is 13.8. The minimum atomic E-state index is 0.267. The van der Waals surface area contributed by atoms with Crippen LogP contribution < -0.4 is 10.6 Å². The zero-order valence-electron chi connectivity index (χ0n) is 10.1. The van der Waals surface area contributed by atoms with E-state index in [2.05, 4.69) is 20.8 Å². The van der Waals surface area contributed by atoms with Crippen molar-refractivity contribution in [2.24, 2.45) is 11.7 Å². The Balaban J connectivity index is 2.18. The van der Waals surface area contributed by atoms with Gasteiger partial charge in [0.1, 0.15) is 4.99 Å². The molecule has 1 saturated heterocycles. The van der Waals surface area contributed by atoms with E-state index < -0.39 is 0 Å². The summed E-state index contributed by atoms with van der Waals surface area (Å²) in [5, 5.41) is 9.26. The lowest BCUT2D eigenvalue weighted by Crippen LogP contribution is -2.36. The SMILES string of the molecule is NC(=S)c1ccc(N2CCCC(CO)C2)cc1Br. The summed E-state index contributed by atoms with van der Waals surface area (Å²) in [7, 11) is 0. The molecule has 1 unspecified atom stereocenters. The Labute approximate surface area is 121 Å². The van der Waals surface area contributed by atoms with Gasteiger partial charge < -0.3 is 15.7 Å². The molecule has 1 aromatic carbocycles. The molecule has 1 aromatic rings. The Hall–Kier alpha value is -0.650. The first-order valence-electron chi connectivity index (χ1n) is 6.07. The fourth-order valence-corrected chi connectivity index (χ4v) is 3.24. The van der Waals surface area contributed by atoms with Crippen molar-refractivity contribution in [3.63, 3.8) is 0 Å². The normalized spacial score (nSPS) is 19.9. The number of thiocarbonyl (C=S) groups is 1. The second kappa shape index (κ2) is 5.99. The summed E-state index contributed by atoms with van der Waals surface area (Å²) in [4.78, 5) is 2.71. The second-order valence-electron chi connectivity index (χ2n) is 4.67. The van der Waals surface area contributed by atoms with E-state index >= 15 is 0 Å². The summed E-state index contributed by atoms with van der Waals surface area (Å²) in [5.74, 6) is 0.382. The number of nitrogens with zero attached hydrogens (tertiary/aromatic N) is 1. The first-order chi connectivity index (χ1) is 8.61. The van der Waals surface area contributed by atoms with Crippen molar-refractivity contribution in [3.05, 3.63) is 28.2 Å². The van der Waals surface area contributed by atoms with Crippen LogP contribution in [0.25, 0.3) is 0 Å². The fraction of sp³-hybridized carbons (Fsp3) is 0.462. The molecule has 0 aliphatic carbocycles. The molecule has 0 radical (unpaired) electrons. The summed E-state index contributed by atoms with van der Waals surface area (Å²) >= 11 is 8.49. The monoisotopic (exact) mass is 328 g/mol. The van der Waals surface area contributed by atoms with E-state index in [4.69, 9.17) is 18.0 Å². The van der Waals surface area contributed by atoms with Gasteiger partial charge in [-0.15, -0.1) is 0 Å². The van der Waals surface area contributed by atoms with Gasteiger partial charge in [0.15, 0.2) is 0 Å². The molecule has 0 aromatic heterocycles. The molecule has 5 heteroatoms. The molecule has 1 aliphatic heterocycles. The maximum Gasteiger partial charge on any atom is 0.105 e. The van der Waals surface area contributed by atoms with Crippen LogP contribution in [-0.2, 0) is 0 Å². The van der Waals surface area contributed by atoms with E-state index in [0.717, 1.165) is 41.7 Å². The van der Waals surface area contributed by atoms with Gasteiger partial charge in [-0.3, -0.25) is 0 Å². The van der Waals surface area contributed by atoms with E-state index in [0.29, 0.717) is 10.9 Å². The number of halogens is 1. The minimum absolute atomic E-state index is 0.267. The summed E-state index contributed by atoms with van der Waals surface area (Å²) < 4.78 is 0.929. The molecule has 98 valence electrons. The van der Waals surface area contributed by atoms with Crippen molar-refractivity contribution >= 4 is 38.8 Å². The number of hydrogen-bond acceptors (Lipinski definition) is 3. The third-order valence-electron chi connectivity index (χ3n) is 3.36. The maximum absolute atomic E-state index is 9.26. The summed E-state index contributed by atoms with van der Waals surface area (Å²) in [6.07, 6.45) is 2.24. The van der Waals surface area contributed by atoms with E-state index in [9.17, 15) is 5.11 Å². The van der Waals surface area contributed by atoms with Crippen molar-refractivity contribution in [1.29, 1.82) is 0 Å². The van der Waals surface area contributed by atoms with Crippen LogP contribution >= 0.6 is 28.1 Å². The van der Waals surface area contributed by atoms with Crippen LogP contribution in [0.3, 0.4) is 0 Å². The van der Waals surface area contributed by atoms with Crippen LogP contribution in [-0.4, -0.2) is 29.8 Å². The van der Waals surface area contributed by atoms with E-state index in [-0.39, 0.29) is 6.61 Å². The van der Waals surface area contributed by atoms with Crippen molar-refractivity contribution in [2.75, 3.05) is 24.6 Å². The Morgan fingerprint density at radius 1 is 1.56 bits per heavy atom. The lowest BCUT2D eigenvalue weighted by molar-refractivity contribution is 0.209. The number of hydrogen-bond donors (Lipinski definition) is 2. The lowest BCUT2D eigenvalue weighted by Gasteiger charge is -2.33. The Kier molecular flexibility index (Phi) is 4.59. The van der Waals surface area contributed by atoms with Crippen LogP contribution in [0, 0.1) is 5.92 Å². The average molecular weight is 329 g/mol. The number of benzene rings is 1. The van der Waals surface area contributed by atoms with Crippen LogP contribution in [0.4, 0.5) is 5.69 Å². The van der Waals surface area contributed by atoms with Gasteiger partial charge in [-0.05, 0) is 52.9 Å². The van der Waals surface area contributed by atoms with Crippen molar-refractivity contribution in [1.82, 2.24) is 0 Å². The summed E-state index contributed by atoms with van der Waals surface area (Å²) in [6.45, 7) is 2.22. The zero-order chi connectivity index (χ0) is 13.1. The van der Waals surface area contributed by atoms with Crippen LogP contribution in [0.15, 0.2) is 22.7 Å². The predicted molar refractivity (Wildman–Crippen MR) is 82.1 cm³/mol. The average Bonchev–Trinajstić information content (AvgIpc) is 2.38. The predicted octanol–water partition coefficient (Wildman–Crippen LogP) is 2.29. The summed E-state index contributed by atoms with van der Waals surface area (Å²) in [5.41, 5.74) is 7.66. The van der Waals surface area contributed by atoms with Crippen molar-refractivity contribution in [3.8, 4) is 0 Å². The number of aliphatic hydroxyl groups excluding tert-OH is 1. The largest absolute Gasteiger partial charge is 0.396 e. The van der Waals surface area contributed by atoms with E-state index in [1.54, 1.807) is 0 Å². The van der Waals surface area contributed by atoms with E-state index in [1.165, 1.54) is 0 Å². The molecule has 3 nitrogen and oxygen atoms in total. The van der Waals surface area contributed by atoms with Gasteiger partial charge in [-0.1, -0.05) is 12.2 Å². The van der Waals surface area contributed by atoms with E-state index in [1.807, 2.05) is 18.2 Å². The van der Waals surface area contributed by atoms with Gasteiger partial charge in [0.2, 0.25) is 0 Å². The molecule has 0 saturated carbocycles. The van der Waals surface area contributed by atoms with Gasteiger partial charge in [-0.25, -0.2) is 0 Å².